The number of halogens is 6. The quantitative estimate of drug-likeness (QED) is 0.201. The van der Waals surface area contributed by atoms with Gasteiger partial charge in [-0.05, 0) is 0 Å². The number of hydrogen-bond donors (Lipinski definition) is 2. The molecule has 0 aromatic heterocycles. The minimum atomic E-state index is -5.84. The summed E-state index contributed by atoms with van der Waals surface area (Å²) in [4.78, 5) is 0. The zero-order valence-corrected chi connectivity index (χ0v) is 20.7. The van der Waals surface area contributed by atoms with Crippen LogP contribution >= 0.6 is 0 Å². The molecule has 0 fully saturated rings. The molecule has 0 aliphatic heterocycles. The van der Waals surface area contributed by atoms with Crippen LogP contribution < -0.4 is 0 Å². The maximum atomic E-state index is 10.7. The summed E-state index contributed by atoms with van der Waals surface area (Å²) >= 11 is 0. The summed E-state index contributed by atoms with van der Waals surface area (Å²) in [5.41, 5.74) is -5.51. The van der Waals surface area contributed by atoms with Gasteiger partial charge in [-0.2, -0.15) is 77.6 Å². The van der Waals surface area contributed by atoms with Gasteiger partial charge in [0.25, 0.3) is 0 Å². The monoisotopic (exact) mass is 576 g/mol. The Morgan fingerprint density at radius 2 is 0.903 bits per heavy atom. The molecule has 0 spiro atoms. The van der Waals surface area contributed by atoms with Crippen LogP contribution in [-0.4, -0.2) is 37.0 Å². The summed E-state index contributed by atoms with van der Waals surface area (Å²) in [6.45, 7) is 8.48. The van der Waals surface area contributed by atoms with Crippen LogP contribution in [0, 0.1) is 27.7 Å². The molecule has 0 aliphatic carbocycles. The van der Waals surface area contributed by atoms with Gasteiger partial charge in [-0.15, -0.1) is 0 Å². The van der Waals surface area contributed by atoms with Crippen molar-refractivity contribution >= 4 is 20.2 Å². The van der Waals surface area contributed by atoms with Crippen LogP contribution in [0.1, 0.15) is 22.3 Å². The molecule has 31 heavy (non-hydrogen) atoms. The van der Waals surface area contributed by atoms with Gasteiger partial charge in [0.1, 0.15) is 0 Å². The maximum absolute atomic E-state index is 10.7. The van der Waals surface area contributed by atoms with E-state index in [2.05, 4.69) is 64.1 Å². The number of hydrogen-bond acceptors (Lipinski definition) is 4. The van der Waals surface area contributed by atoms with Crippen LogP contribution in [0.15, 0.2) is 36.4 Å². The van der Waals surface area contributed by atoms with E-state index in [9.17, 15) is 26.3 Å². The molecular weight excluding hydrogens is 558 g/mol. The molecule has 0 aliphatic rings. The van der Waals surface area contributed by atoms with E-state index in [0.29, 0.717) is 0 Å². The average Bonchev–Trinajstić information content (AvgIpc) is 3.06. The van der Waals surface area contributed by atoms with E-state index in [0.717, 1.165) is 0 Å². The normalized spacial score (nSPS) is 11.5. The minimum Gasteiger partial charge on any atom is -0.279 e. The number of rotatable bonds is 0. The first-order chi connectivity index (χ1) is 13.1. The first-order valence-electron chi connectivity index (χ1n) is 7.56. The molecule has 2 aromatic carbocycles. The fraction of sp³-hybridized carbons (Fsp3) is 0.375. The molecule has 0 heterocycles. The molecule has 0 bridgehead atoms. The molecule has 2 N–H and O–H groups in total. The van der Waals surface area contributed by atoms with Gasteiger partial charge >= 0.3 is 57.5 Å². The Bertz CT molecular complexity index is 860. The Morgan fingerprint density at radius 1 is 0.710 bits per heavy atom. The van der Waals surface area contributed by atoms with Crippen molar-refractivity contribution in [3.05, 3.63) is 58.7 Å². The van der Waals surface area contributed by atoms with Gasteiger partial charge in [-0.1, -0.05) is 27.7 Å². The summed E-state index contributed by atoms with van der Waals surface area (Å²) in [5.74, 6) is 0. The molecule has 0 saturated carbocycles. The largest absolute Gasteiger partial charge is 2.00 e. The van der Waals surface area contributed by atoms with E-state index in [1.807, 2.05) is 0 Å². The van der Waals surface area contributed by atoms with Crippen molar-refractivity contribution in [1.29, 1.82) is 0 Å². The Hall–Kier alpha value is -1.02. The summed E-state index contributed by atoms with van der Waals surface area (Å²) in [5, 5.41) is 0. The van der Waals surface area contributed by atoms with Crippen molar-refractivity contribution in [3.8, 4) is 0 Å². The van der Waals surface area contributed by atoms with Crippen LogP contribution in [0.25, 0.3) is 0 Å². The fourth-order valence-corrected chi connectivity index (χ4v) is 1.20. The molecule has 0 unspecified atom stereocenters. The minimum absolute atomic E-state index is 0. The summed E-state index contributed by atoms with van der Waals surface area (Å²) in [6.07, 6.45) is 0. The van der Waals surface area contributed by atoms with Crippen LogP contribution in [0.3, 0.4) is 0 Å². The molecule has 2 aromatic rings. The van der Waals surface area contributed by atoms with Crippen LogP contribution in [0.5, 0.6) is 0 Å². The van der Waals surface area contributed by atoms with E-state index in [4.69, 9.17) is 25.9 Å². The molecule has 6 nitrogen and oxygen atoms in total. The van der Waals surface area contributed by atoms with Gasteiger partial charge in [0.2, 0.25) is 0 Å². The topological polar surface area (TPSA) is 109 Å². The van der Waals surface area contributed by atoms with E-state index in [1.54, 1.807) is 0 Å². The van der Waals surface area contributed by atoms with Crippen LogP contribution in [-0.2, 0) is 46.4 Å². The molecule has 0 atom stereocenters. The van der Waals surface area contributed by atoms with Gasteiger partial charge in [-0.3, -0.25) is 9.11 Å². The first kappa shape index (κ1) is 34.6. The molecule has 0 radical (unpaired) electrons. The van der Waals surface area contributed by atoms with Gasteiger partial charge in [0.05, 0.1) is 0 Å². The van der Waals surface area contributed by atoms with Gasteiger partial charge in [0, 0.05) is 0 Å². The van der Waals surface area contributed by atoms with Crippen molar-refractivity contribution < 1.29 is 78.5 Å². The number of aryl methyl sites for hydroxylation is 4. The number of alkyl halides is 6. The third-order valence-electron chi connectivity index (χ3n) is 3.21. The molecule has 15 heteroatoms. The van der Waals surface area contributed by atoms with Gasteiger partial charge in [0.15, 0.2) is 0 Å². The van der Waals surface area contributed by atoms with Crippen molar-refractivity contribution in [1.82, 2.24) is 0 Å². The SMILES string of the molecule is Cc1ccc[c-]1C.Cc1ccc[c-]1C.O=S(=O)(O)C(F)(F)F.O=S(=O)(O)C(F)(F)F.[Zr+2]. The summed E-state index contributed by atoms with van der Waals surface area (Å²) < 4.78 is 115. The molecular formula is C16H20F6O6S2Zr. The Labute approximate surface area is 195 Å². The maximum Gasteiger partial charge on any atom is 2.00 e. The van der Waals surface area contributed by atoms with Crippen molar-refractivity contribution in [2.75, 3.05) is 0 Å². The molecule has 178 valence electrons. The zero-order chi connectivity index (χ0) is 24.6. The van der Waals surface area contributed by atoms with Crippen molar-refractivity contribution in [3.63, 3.8) is 0 Å². The molecule has 0 amide bonds. The Kier molecular flexibility index (Phi) is 15.1. The predicted molar refractivity (Wildman–Crippen MR) is 98.2 cm³/mol. The predicted octanol–water partition coefficient (Wildman–Crippen LogP) is 4.83. The standard InChI is InChI=1S/2C7H9.2CHF3O3S.Zr/c2*1-6-4-3-5-7(6)2;2*2-1(3,4)8(5,6)7;/h2*3-5H,1-2H3;2*(H,5,6,7);/q2*-1;;;+2. The Morgan fingerprint density at radius 3 is 0.935 bits per heavy atom. The van der Waals surface area contributed by atoms with E-state index >= 15 is 0 Å². The third-order valence-corrected chi connectivity index (χ3v) is 4.38. The van der Waals surface area contributed by atoms with Gasteiger partial charge < -0.3 is 0 Å². The van der Waals surface area contributed by atoms with E-state index in [-0.39, 0.29) is 26.2 Å². The average molecular weight is 578 g/mol. The molecule has 2 rings (SSSR count). The van der Waals surface area contributed by atoms with Crippen molar-refractivity contribution in [2.24, 2.45) is 0 Å². The third kappa shape index (κ3) is 15.4. The Balaban J connectivity index is -0.000000334. The second-order valence-electron chi connectivity index (χ2n) is 5.63. The van der Waals surface area contributed by atoms with E-state index in [1.165, 1.54) is 22.3 Å². The van der Waals surface area contributed by atoms with Crippen LogP contribution in [0.4, 0.5) is 26.3 Å². The summed E-state index contributed by atoms with van der Waals surface area (Å²) in [6, 6.07) is 12.6. The van der Waals surface area contributed by atoms with Gasteiger partial charge in [-0.25, -0.2) is 24.3 Å². The van der Waals surface area contributed by atoms with Crippen LogP contribution in [0.2, 0.25) is 0 Å². The van der Waals surface area contributed by atoms with E-state index < -0.39 is 31.3 Å². The smallest absolute Gasteiger partial charge is 0.279 e. The second-order valence-corrected chi connectivity index (χ2v) is 8.45. The second kappa shape index (κ2) is 13.5. The first-order valence-corrected chi connectivity index (χ1v) is 10.4. The summed E-state index contributed by atoms with van der Waals surface area (Å²) in [7, 11) is -11.7. The zero-order valence-electron chi connectivity index (χ0n) is 16.6. The molecule has 0 saturated heterocycles. The van der Waals surface area contributed by atoms with Crippen molar-refractivity contribution in [2.45, 2.75) is 38.7 Å². The fourth-order valence-electron chi connectivity index (χ4n) is 1.20.